The van der Waals surface area contributed by atoms with Crippen LogP contribution in [0.15, 0.2) is 43.0 Å². The quantitative estimate of drug-likeness (QED) is 0.264. The second-order valence-corrected chi connectivity index (χ2v) is 8.33. The van der Waals surface area contributed by atoms with Crippen molar-refractivity contribution in [3.63, 3.8) is 0 Å². The third-order valence-corrected chi connectivity index (χ3v) is 5.78. The van der Waals surface area contributed by atoms with Gasteiger partial charge in [-0.1, -0.05) is 18.2 Å². The Morgan fingerprint density at radius 2 is 1.89 bits per heavy atom. The molecule has 0 saturated carbocycles. The minimum atomic E-state index is -4.94. The summed E-state index contributed by atoms with van der Waals surface area (Å²) in [6, 6.07) is 3.17. The Morgan fingerprint density at radius 1 is 1.18 bits per heavy atom. The van der Waals surface area contributed by atoms with Crippen molar-refractivity contribution in [1.29, 1.82) is 0 Å². The van der Waals surface area contributed by atoms with E-state index in [9.17, 15) is 36.3 Å². The zero-order valence-electron chi connectivity index (χ0n) is 19.3. The number of rotatable bonds is 5. The van der Waals surface area contributed by atoms with Crippen molar-refractivity contribution in [3.8, 4) is 0 Å². The Hall–Kier alpha value is -4.26. The fourth-order valence-electron chi connectivity index (χ4n) is 3.81. The van der Waals surface area contributed by atoms with Crippen molar-refractivity contribution < 1.29 is 41.1 Å². The van der Waals surface area contributed by atoms with Crippen LogP contribution in [0.5, 0.6) is 0 Å². The molecule has 1 atom stereocenters. The molecule has 4 rings (SSSR count). The topological polar surface area (TPSA) is 102 Å². The van der Waals surface area contributed by atoms with Crippen molar-refractivity contribution in [1.82, 2.24) is 14.9 Å². The monoisotopic (exact) mass is 554 g/mol. The standard InChI is InChI=1S/C24H16ClF5N4O4/c1-3-38-23(37)20-32-19(33-22(36)11-6-12(24(28,29)30)8-14(27)7-11)18-17(31-21(35)10(2)34(18)20)15-9-13(26)4-5-16(15)25/h4-9,17H,2-3H2,1H3,(H,31,35)(H,33,36). The first-order chi connectivity index (χ1) is 17.8. The average Bonchev–Trinajstić information content (AvgIpc) is 3.21. The first kappa shape index (κ1) is 26.8. The highest BCUT2D eigenvalue weighted by Gasteiger charge is 2.39. The minimum absolute atomic E-state index is 0.00434. The number of ether oxygens (including phenoxy) is 1. The van der Waals surface area contributed by atoms with E-state index >= 15 is 0 Å². The number of amides is 2. The molecule has 2 aromatic carbocycles. The van der Waals surface area contributed by atoms with E-state index in [-0.39, 0.29) is 34.7 Å². The van der Waals surface area contributed by atoms with Crippen LogP contribution < -0.4 is 10.6 Å². The van der Waals surface area contributed by atoms with Gasteiger partial charge in [0.25, 0.3) is 11.8 Å². The van der Waals surface area contributed by atoms with Crippen LogP contribution in [-0.2, 0) is 15.7 Å². The Balaban J connectivity index is 1.89. The van der Waals surface area contributed by atoms with Crippen LogP contribution in [0.25, 0.3) is 5.70 Å². The number of carbonyl (C=O) groups excluding carboxylic acids is 3. The highest BCUT2D eigenvalue weighted by molar-refractivity contribution is 6.31. The maximum Gasteiger partial charge on any atom is 0.416 e. The van der Waals surface area contributed by atoms with Crippen molar-refractivity contribution in [2.75, 3.05) is 11.9 Å². The molecule has 2 amide bonds. The number of aromatic nitrogens is 2. The molecule has 38 heavy (non-hydrogen) atoms. The molecule has 0 fully saturated rings. The smallest absolute Gasteiger partial charge is 0.416 e. The van der Waals surface area contributed by atoms with Gasteiger partial charge in [0.1, 0.15) is 23.4 Å². The summed E-state index contributed by atoms with van der Waals surface area (Å²) in [5.74, 6) is -6.05. The molecule has 0 saturated heterocycles. The zero-order chi connectivity index (χ0) is 27.9. The largest absolute Gasteiger partial charge is 0.460 e. The predicted molar refractivity (Wildman–Crippen MR) is 124 cm³/mol. The SMILES string of the molecule is C=C1C(=O)NC(c2cc(F)ccc2Cl)c2c(NC(=O)c3cc(F)cc(C(F)(F)F)c3)nc(C(=O)OCC)n21. The van der Waals surface area contributed by atoms with Gasteiger partial charge in [-0.25, -0.2) is 18.6 Å². The van der Waals surface area contributed by atoms with Gasteiger partial charge in [0.15, 0.2) is 5.82 Å². The van der Waals surface area contributed by atoms with Gasteiger partial charge < -0.3 is 15.4 Å². The second-order valence-electron chi connectivity index (χ2n) is 7.92. The number of nitrogens with zero attached hydrogens (tertiary/aromatic N) is 2. The van der Waals surface area contributed by atoms with E-state index < -0.39 is 64.4 Å². The molecule has 0 radical (unpaired) electrons. The maximum absolute atomic E-state index is 14.1. The second kappa shape index (κ2) is 9.89. The highest BCUT2D eigenvalue weighted by atomic mass is 35.5. The van der Waals surface area contributed by atoms with Crippen molar-refractivity contribution in [3.05, 3.63) is 87.8 Å². The Morgan fingerprint density at radius 3 is 2.55 bits per heavy atom. The molecule has 1 aliphatic heterocycles. The number of hydrogen-bond acceptors (Lipinski definition) is 5. The van der Waals surface area contributed by atoms with Crippen LogP contribution >= 0.6 is 11.6 Å². The van der Waals surface area contributed by atoms with E-state index in [1.54, 1.807) is 0 Å². The molecular weight excluding hydrogens is 539 g/mol. The molecule has 8 nitrogen and oxygen atoms in total. The number of imidazole rings is 1. The van der Waals surface area contributed by atoms with Crippen LogP contribution in [-0.4, -0.2) is 33.9 Å². The lowest BCUT2D eigenvalue weighted by Crippen LogP contribution is -2.39. The number of fused-ring (bicyclic) bond motifs is 1. The molecule has 2 heterocycles. The molecule has 3 aromatic rings. The van der Waals surface area contributed by atoms with Crippen molar-refractivity contribution in [2.45, 2.75) is 19.1 Å². The first-order valence-corrected chi connectivity index (χ1v) is 11.1. The lowest BCUT2D eigenvalue weighted by Gasteiger charge is -2.29. The number of hydrogen-bond donors (Lipinski definition) is 2. The molecule has 1 unspecified atom stereocenters. The van der Waals surface area contributed by atoms with E-state index in [0.717, 1.165) is 16.7 Å². The number of carbonyl (C=O) groups is 3. The lowest BCUT2D eigenvalue weighted by molar-refractivity contribution is -0.137. The number of anilines is 1. The number of esters is 1. The molecule has 0 bridgehead atoms. The van der Waals surface area contributed by atoms with Gasteiger partial charge in [-0.05, 0) is 43.3 Å². The molecule has 1 aliphatic rings. The fourth-order valence-corrected chi connectivity index (χ4v) is 4.03. The number of benzene rings is 2. The summed E-state index contributed by atoms with van der Waals surface area (Å²) in [7, 11) is 0. The average molecular weight is 555 g/mol. The van der Waals surface area contributed by atoms with Gasteiger partial charge in [-0.3, -0.25) is 14.2 Å². The van der Waals surface area contributed by atoms with E-state index in [1.807, 2.05) is 0 Å². The summed E-state index contributed by atoms with van der Waals surface area (Å²) in [4.78, 5) is 42.3. The van der Waals surface area contributed by atoms with Gasteiger partial charge in [0, 0.05) is 16.1 Å². The summed E-state index contributed by atoms with van der Waals surface area (Å²) in [5.41, 5.74) is -2.58. The Labute approximate surface area is 216 Å². The van der Waals surface area contributed by atoms with Crippen LogP contribution in [0.1, 0.15) is 50.8 Å². The number of halogens is 6. The van der Waals surface area contributed by atoms with Crippen molar-refractivity contribution >= 4 is 40.9 Å². The summed E-state index contributed by atoms with van der Waals surface area (Å²) in [6.07, 6.45) is -4.94. The summed E-state index contributed by atoms with van der Waals surface area (Å²) < 4.78 is 73.4. The zero-order valence-corrected chi connectivity index (χ0v) is 20.0. The molecule has 2 N–H and O–H groups in total. The molecule has 198 valence electrons. The van der Waals surface area contributed by atoms with E-state index in [4.69, 9.17) is 16.3 Å². The Bertz CT molecular complexity index is 1500. The molecule has 1 aromatic heterocycles. The number of nitrogens with one attached hydrogen (secondary N) is 2. The van der Waals surface area contributed by atoms with Gasteiger partial charge in [-0.2, -0.15) is 13.2 Å². The summed E-state index contributed by atoms with van der Waals surface area (Å²) >= 11 is 6.23. The van der Waals surface area contributed by atoms with Gasteiger partial charge in [0.05, 0.1) is 17.9 Å². The van der Waals surface area contributed by atoms with E-state index in [0.29, 0.717) is 12.1 Å². The summed E-state index contributed by atoms with van der Waals surface area (Å²) in [5, 5.41) is 4.75. The van der Waals surface area contributed by atoms with Crippen LogP contribution in [0, 0.1) is 11.6 Å². The van der Waals surface area contributed by atoms with Gasteiger partial charge in [-0.15, -0.1) is 0 Å². The van der Waals surface area contributed by atoms with E-state index in [1.165, 1.54) is 13.0 Å². The van der Waals surface area contributed by atoms with E-state index in [2.05, 4.69) is 22.2 Å². The highest BCUT2D eigenvalue weighted by Crippen LogP contribution is 2.38. The van der Waals surface area contributed by atoms with Gasteiger partial charge in [0.2, 0.25) is 5.82 Å². The summed E-state index contributed by atoms with van der Waals surface area (Å²) in [6.45, 7) is 5.02. The fraction of sp³-hybridized carbons (Fsp3) is 0.167. The lowest BCUT2D eigenvalue weighted by atomic mass is 10.00. The third-order valence-electron chi connectivity index (χ3n) is 5.44. The number of alkyl halides is 3. The molecule has 14 heteroatoms. The van der Waals surface area contributed by atoms with Crippen molar-refractivity contribution in [2.24, 2.45) is 0 Å². The molecule has 0 spiro atoms. The molecule has 0 aliphatic carbocycles. The van der Waals surface area contributed by atoms with Crippen LogP contribution in [0.2, 0.25) is 5.02 Å². The third kappa shape index (κ3) is 4.96. The van der Waals surface area contributed by atoms with Gasteiger partial charge >= 0.3 is 12.1 Å². The molecular formula is C24H16ClF5N4O4. The normalized spacial score (nSPS) is 15.1. The first-order valence-electron chi connectivity index (χ1n) is 10.8. The van der Waals surface area contributed by atoms with Crippen LogP contribution in [0.4, 0.5) is 27.8 Å². The maximum atomic E-state index is 14.1. The minimum Gasteiger partial charge on any atom is -0.460 e. The van der Waals surface area contributed by atoms with Crippen LogP contribution in [0.3, 0.4) is 0 Å². The Kier molecular flexibility index (Phi) is 6.98. The predicted octanol–water partition coefficient (Wildman–Crippen LogP) is 4.95.